The molecule has 0 amide bonds. The Morgan fingerprint density at radius 1 is 0.233 bits per heavy atom. The van der Waals surface area contributed by atoms with Crippen molar-refractivity contribution in [3.8, 4) is 0 Å². The van der Waals surface area contributed by atoms with Crippen LogP contribution in [0.4, 0.5) is 103 Å². The number of rotatable bonds is 14. The molecule has 742 valence electrons. The van der Waals surface area contributed by atoms with E-state index in [0.29, 0.717) is 10.8 Å². The summed E-state index contributed by atoms with van der Waals surface area (Å²) >= 11 is 8.20. The van der Waals surface area contributed by atoms with Crippen LogP contribution in [0.15, 0.2) is 336 Å². The lowest BCUT2D eigenvalue weighted by Gasteiger charge is -2.45. The number of anilines is 18. The Hall–Kier alpha value is -13.9. The molecule has 18 aromatic rings. The highest BCUT2D eigenvalue weighted by Crippen LogP contribution is 2.55. The van der Waals surface area contributed by atoms with Crippen LogP contribution in [0.25, 0.3) is 43.9 Å². The van der Waals surface area contributed by atoms with Crippen molar-refractivity contribution in [2.45, 2.75) is 262 Å². The van der Waals surface area contributed by atoms with Gasteiger partial charge in [-0.2, -0.15) is 0 Å². The summed E-state index contributed by atoms with van der Waals surface area (Å²) in [7, 11) is 0. The maximum Gasteiger partial charge on any atom is 0.254 e. The smallest absolute Gasteiger partial charge is 0.254 e. The summed E-state index contributed by atoms with van der Waals surface area (Å²) in [5.74, 6) is 3.16. The first-order chi connectivity index (χ1) is 68.6. The van der Waals surface area contributed by atoms with Crippen molar-refractivity contribution >= 4 is 181 Å². The molecule has 0 unspecified atom stereocenters. The molecular formula is C134H144BClN8O2. The number of furan rings is 2. The quantitative estimate of drug-likeness (QED) is 0.0983. The van der Waals surface area contributed by atoms with Crippen molar-refractivity contribution in [1.29, 1.82) is 0 Å². The highest BCUT2D eigenvalue weighted by atomic mass is 35.5. The third-order valence-corrected chi connectivity index (χ3v) is 30.0. The second-order valence-electron chi connectivity index (χ2n) is 50.7. The predicted molar refractivity (Wildman–Crippen MR) is 628 cm³/mol. The van der Waals surface area contributed by atoms with E-state index in [1.807, 2.05) is 12.1 Å². The fraction of sp³-hybridized carbons (Fsp3) is 0.299. The summed E-state index contributed by atoms with van der Waals surface area (Å²) in [6.45, 7) is 68.2. The van der Waals surface area contributed by atoms with Crippen LogP contribution in [-0.4, -0.2) is 16.7 Å². The molecule has 146 heavy (non-hydrogen) atoms. The Morgan fingerprint density at radius 3 is 0.966 bits per heavy atom. The Kier molecular flexibility index (Phi) is 25.5. The minimum absolute atomic E-state index is 0.00485. The van der Waals surface area contributed by atoms with Gasteiger partial charge in [-0.25, -0.2) is 9.97 Å². The van der Waals surface area contributed by atoms with E-state index < -0.39 is 0 Å². The molecule has 0 radical (unpaired) electrons. The van der Waals surface area contributed by atoms with Crippen molar-refractivity contribution in [1.82, 2.24) is 9.97 Å². The predicted octanol–water partition coefficient (Wildman–Crippen LogP) is 37.6. The van der Waals surface area contributed by atoms with Gasteiger partial charge in [-0.3, -0.25) is 19.6 Å². The van der Waals surface area contributed by atoms with Gasteiger partial charge in [0.05, 0.1) is 27.8 Å². The number of hydrogen-bond acceptors (Lipinski definition) is 10. The maximum absolute atomic E-state index is 8.20. The lowest BCUT2D eigenvalue weighted by molar-refractivity contribution is 0.589. The lowest BCUT2D eigenvalue weighted by atomic mass is 9.33. The van der Waals surface area contributed by atoms with Crippen molar-refractivity contribution < 1.29 is 8.83 Å². The highest BCUT2D eigenvalue weighted by Gasteiger charge is 2.47. The van der Waals surface area contributed by atoms with Gasteiger partial charge in [0, 0.05) is 78.4 Å². The van der Waals surface area contributed by atoms with Crippen molar-refractivity contribution in [2.24, 2.45) is 0 Å². The van der Waals surface area contributed by atoms with Crippen LogP contribution in [0.5, 0.6) is 0 Å². The molecule has 10 nitrogen and oxygen atoms in total. The van der Waals surface area contributed by atoms with Gasteiger partial charge < -0.3 is 18.6 Å². The van der Waals surface area contributed by atoms with Gasteiger partial charge in [-0.05, 0) is 284 Å². The van der Waals surface area contributed by atoms with Gasteiger partial charge >= 0.3 is 0 Å². The molecule has 0 fully saturated rings. The van der Waals surface area contributed by atoms with Crippen molar-refractivity contribution in [3.05, 3.63) is 388 Å². The Morgan fingerprint density at radius 2 is 0.555 bits per heavy atom. The molecule has 6 heterocycles. The van der Waals surface area contributed by atoms with Crippen LogP contribution < -0.4 is 45.8 Å². The van der Waals surface area contributed by atoms with Crippen molar-refractivity contribution in [2.75, 3.05) is 29.4 Å². The molecule has 0 atom stereocenters. The van der Waals surface area contributed by atoms with E-state index in [-0.39, 0.29) is 60.9 Å². The number of nitrogens with zero attached hydrogens (tertiary/aromatic N) is 8. The molecule has 2 aliphatic heterocycles. The molecule has 12 heteroatoms. The molecule has 0 bridgehead atoms. The first-order valence-corrected chi connectivity index (χ1v) is 52.5. The van der Waals surface area contributed by atoms with Gasteiger partial charge in [-0.1, -0.05) is 389 Å². The molecule has 0 saturated heterocycles. The molecule has 0 N–H and O–H groups in total. The normalized spacial score (nSPS) is 13.3. The first-order valence-electron chi connectivity index (χ1n) is 52.1. The van der Waals surface area contributed by atoms with E-state index in [1.54, 1.807) is 0 Å². The summed E-state index contributed by atoms with van der Waals surface area (Å²) in [6, 6.07) is 120. The zero-order valence-electron chi connectivity index (χ0n) is 91.5. The van der Waals surface area contributed by atoms with Crippen LogP contribution in [0.3, 0.4) is 0 Å². The van der Waals surface area contributed by atoms with E-state index in [4.69, 9.17) is 30.4 Å². The second kappa shape index (κ2) is 37.0. The molecule has 2 aliphatic rings. The van der Waals surface area contributed by atoms with E-state index in [0.717, 1.165) is 141 Å². The molecule has 20 rings (SSSR count). The van der Waals surface area contributed by atoms with Gasteiger partial charge in [0.15, 0.2) is 11.2 Å². The highest BCUT2D eigenvalue weighted by molar-refractivity contribution is 7.00. The SMILES string of the molecule is CC(C)(C)c1ccc(N(c2ccc(C(C)(C)C)cc2)c2ccc3c(n2)N(c2cccc4c2oc2ccccc24)c2cc(C(C)(C)C)cc4c2B3c2cc(C(C)(C)C)ccc2N4c2ccc(C(C)(C)C)cc2)cc1.CC(C)(C)c1ccc(N(c2ccc(C(C)(C)C)cc2)c2cccc(N(c3cc(C(C)(C)C)cc(N(c4ccc(C(C)(C)C)cc4)c4ccc(C(C)(C)C)cc4)c3Cl)c3cccc4c3oc3ccccc34)n2)cc1. The molecule has 0 saturated carbocycles. The van der Waals surface area contributed by atoms with Crippen molar-refractivity contribution in [3.63, 3.8) is 0 Å². The molecule has 14 aromatic carbocycles. The number of hydrogen-bond donors (Lipinski definition) is 0. The summed E-state index contributed by atoms with van der Waals surface area (Å²) in [5, 5.41) is 4.80. The average molecular weight is 1940 g/mol. The Balaban J connectivity index is 0.000000184. The monoisotopic (exact) mass is 1940 g/mol. The summed E-state index contributed by atoms with van der Waals surface area (Å²) < 4.78 is 13.9. The first kappa shape index (κ1) is 101. The van der Waals surface area contributed by atoms with E-state index in [2.05, 4.69) is 553 Å². The second-order valence-corrected chi connectivity index (χ2v) is 51.1. The maximum atomic E-state index is 8.20. The molecule has 0 aliphatic carbocycles. The number of benzene rings is 14. The topological polar surface area (TPSA) is 71.5 Å². The average Bonchev–Trinajstić information content (AvgIpc) is 0.888. The van der Waals surface area contributed by atoms with Gasteiger partial charge in [-0.15, -0.1) is 0 Å². The van der Waals surface area contributed by atoms with Crippen LogP contribution in [0.2, 0.25) is 5.02 Å². The fourth-order valence-electron chi connectivity index (χ4n) is 20.6. The standard InChI is InChI=1S/C67H71BN4O.C67H73ClN4O/c1-63(2,3)42-23-30-47(31-24-42)70(48-32-25-43(26-33-48)64(4,5)6)59-38-36-52-62(69-59)72(55-21-18-20-51-50-19-16-17-22-58(50)73-61(51)55)57-41-46(67(13,14)15)40-56-60(57)68(52)53-39-45(66(10,11)12)29-37-54(53)71(56)49-34-27-44(28-35-49)65(7,8)9;1-63(2,3)44-26-34-49(35-27-44)70(50-36-28-45(29-37-50)64(4,5)6)56-42-48(67(13,14)15)43-57(61(56)68)72(55-22-18-21-54-53-20-16-17-23-58(53)73-62(54)55)60-25-19-24-59(69-60)71(51-38-30-46(31-39-51)65(7,8)9)52-40-32-47(33-41-52)66(10,11)12/h16-41H,1-15H3;16-43H,1-15H3. The van der Waals surface area contributed by atoms with Gasteiger partial charge in [0.25, 0.3) is 6.71 Å². The van der Waals surface area contributed by atoms with Gasteiger partial charge in [0.1, 0.15) is 34.4 Å². The van der Waals surface area contributed by atoms with E-state index >= 15 is 0 Å². The lowest BCUT2D eigenvalue weighted by Crippen LogP contribution is -2.62. The third kappa shape index (κ3) is 19.4. The van der Waals surface area contributed by atoms with E-state index in [1.165, 1.54) is 72.4 Å². The third-order valence-electron chi connectivity index (χ3n) is 29.6. The fourth-order valence-corrected chi connectivity index (χ4v) is 20.9. The van der Waals surface area contributed by atoms with Crippen LogP contribution in [0.1, 0.15) is 263 Å². The number of fused-ring (bicyclic) bond motifs is 10. The zero-order valence-corrected chi connectivity index (χ0v) is 92.3. The van der Waals surface area contributed by atoms with E-state index in [9.17, 15) is 0 Å². The summed E-state index contributed by atoms with van der Waals surface area (Å²) in [4.78, 5) is 25.8. The summed E-state index contributed by atoms with van der Waals surface area (Å²) in [5.41, 5.74) is 33.1. The largest absolute Gasteiger partial charge is 0.454 e. The number of para-hydroxylation sites is 4. The van der Waals surface area contributed by atoms with Gasteiger partial charge in [0.2, 0.25) is 0 Å². The number of aromatic nitrogens is 2. The molecular weight excluding hydrogens is 1800 g/mol. The zero-order chi connectivity index (χ0) is 104. The number of pyridine rings is 2. The number of halogens is 1. The molecule has 0 spiro atoms. The minimum Gasteiger partial charge on any atom is -0.454 e. The Labute approximate surface area is 873 Å². The Bertz CT molecular complexity index is 7750. The molecule has 4 aromatic heterocycles. The van der Waals surface area contributed by atoms with Crippen LogP contribution in [-0.2, 0) is 54.1 Å². The van der Waals surface area contributed by atoms with Crippen LogP contribution in [0, 0.1) is 0 Å². The van der Waals surface area contributed by atoms with Crippen LogP contribution >= 0.6 is 11.6 Å². The summed E-state index contributed by atoms with van der Waals surface area (Å²) in [6.07, 6.45) is 0. The minimum atomic E-state index is -0.284.